The van der Waals surface area contributed by atoms with Crippen LogP contribution >= 0.6 is 0 Å². The van der Waals surface area contributed by atoms with Crippen molar-refractivity contribution in [2.75, 3.05) is 19.3 Å². The molecule has 2 aromatic carbocycles. The summed E-state index contributed by atoms with van der Waals surface area (Å²) in [6.07, 6.45) is 8.21. The lowest BCUT2D eigenvalue weighted by molar-refractivity contribution is -0.133. The standard InChI is InChI=1S/C39H56N4O6S/c1-38(2,3)42-36(46)32-24-29-19-13-14-20-30(29)25-43(32)26-33(44)31(23-28-17-11-8-12-18-28)40-37(47)35(39(4,5)50(6,48)49)41-34(45)22-21-27-15-9-7-10-16-27/h7-12,15-18,21-22,29-33,35,44H,13-14,19-20,23-26H2,1-6H3,(H,40,47)(H,41,45)(H,42,46)/b22-21+. The highest BCUT2D eigenvalue weighted by atomic mass is 32.2. The summed E-state index contributed by atoms with van der Waals surface area (Å²) >= 11 is 0. The summed E-state index contributed by atoms with van der Waals surface area (Å²) in [5, 5.41) is 20.6. The van der Waals surface area contributed by atoms with E-state index >= 15 is 0 Å². The fraction of sp³-hybridized carbons (Fsp3) is 0.564. The van der Waals surface area contributed by atoms with Crippen LogP contribution in [0.3, 0.4) is 0 Å². The van der Waals surface area contributed by atoms with Crippen LogP contribution in [0.1, 0.15) is 77.8 Å². The van der Waals surface area contributed by atoms with Gasteiger partial charge in [-0.1, -0.05) is 79.9 Å². The molecule has 1 heterocycles. The number of carbonyl (C=O) groups excluding carboxylic acids is 3. The number of aliphatic hydroxyl groups excluding tert-OH is 1. The molecule has 11 heteroatoms. The van der Waals surface area contributed by atoms with E-state index in [2.05, 4.69) is 20.9 Å². The lowest BCUT2D eigenvalue weighted by atomic mass is 9.72. The number of fused-ring (bicyclic) bond motifs is 1. The second kappa shape index (κ2) is 16.7. The van der Waals surface area contributed by atoms with Gasteiger partial charge in [0.05, 0.1) is 22.9 Å². The van der Waals surface area contributed by atoms with Crippen LogP contribution in [0, 0.1) is 11.8 Å². The molecule has 0 radical (unpaired) electrons. The number of sulfone groups is 1. The normalized spacial score (nSPS) is 22.2. The first kappa shape index (κ1) is 39.2. The highest BCUT2D eigenvalue weighted by molar-refractivity contribution is 7.92. The van der Waals surface area contributed by atoms with E-state index < -0.39 is 56.2 Å². The van der Waals surface area contributed by atoms with Gasteiger partial charge in [0.15, 0.2) is 9.84 Å². The van der Waals surface area contributed by atoms with E-state index in [-0.39, 0.29) is 18.9 Å². The molecule has 274 valence electrons. The predicted octanol–water partition coefficient (Wildman–Crippen LogP) is 3.89. The van der Waals surface area contributed by atoms with Gasteiger partial charge < -0.3 is 21.1 Å². The number of hydrogen-bond donors (Lipinski definition) is 4. The molecule has 1 aliphatic carbocycles. The van der Waals surface area contributed by atoms with E-state index in [1.54, 1.807) is 6.08 Å². The molecule has 0 spiro atoms. The van der Waals surface area contributed by atoms with Gasteiger partial charge in [-0.05, 0) is 82.9 Å². The summed E-state index contributed by atoms with van der Waals surface area (Å²) < 4.78 is 24.3. The quantitative estimate of drug-likeness (QED) is 0.231. The van der Waals surface area contributed by atoms with Crippen molar-refractivity contribution in [1.29, 1.82) is 0 Å². The van der Waals surface area contributed by atoms with Crippen molar-refractivity contribution < 1.29 is 27.9 Å². The molecule has 4 rings (SSSR count). The Bertz CT molecular complexity index is 1590. The fourth-order valence-corrected chi connectivity index (χ4v) is 7.70. The molecule has 0 aromatic heterocycles. The number of amides is 3. The summed E-state index contributed by atoms with van der Waals surface area (Å²) in [6.45, 7) is 9.47. The van der Waals surface area contributed by atoms with Crippen molar-refractivity contribution in [2.45, 2.75) is 108 Å². The first-order valence-corrected chi connectivity index (χ1v) is 19.7. The van der Waals surface area contributed by atoms with Gasteiger partial charge in [0.1, 0.15) is 6.04 Å². The number of likely N-dealkylation sites (tertiary alicyclic amines) is 1. The van der Waals surface area contributed by atoms with E-state index in [0.29, 0.717) is 24.8 Å². The molecule has 10 nitrogen and oxygen atoms in total. The van der Waals surface area contributed by atoms with Crippen molar-refractivity contribution in [3.63, 3.8) is 0 Å². The Kier molecular flexibility index (Phi) is 13.1. The molecule has 1 saturated heterocycles. The van der Waals surface area contributed by atoms with Crippen molar-refractivity contribution in [1.82, 2.24) is 20.9 Å². The second-order valence-corrected chi connectivity index (χ2v) is 18.3. The van der Waals surface area contributed by atoms with Gasteiger partial charge in [-0.2, -0.15) is 0 Å². The van der Waals surface area contributed by atoms with E-state index in [4.69, 9.17) is 0 Å². The molecule has 2 aliphatic rings. The van der Waals surface area contributed by atoms with Crippen LogP contribution < -0.4 is 16.0 Å². The third kappa shape index (κ3) is 10.7. The third-order valence-electron chi connectivity index (χ3n) is 10.2. The molecular formula is C39H56N4O6S. The second-order valence-electron chi connectivity index (χ2n) is 15.7. The number of hydrogen-bond acceptors (Lipinski definition) is 7. The van der Waals surface area contributed by atoms with Gasteiger partial charge in [0.2, 0.25) is 17.7 Å². The molecule has 50 heavy (non-hydrogen) atoms. The average Bonchev–Trinajstić information content (AvgIpc) is 3.05. The van der Waals surface area contributed by atoms with Crippen molar-refractivity contribution in [2.24, 2.45) is 11.8 Å². The molecule has 1 aliphatic heterocycles. The van der Waals surface area contributed by atoms with Crippen LogP contribution in [0.5, 0.6) is 0 Å². The zero-order valence-corrected chi connectivity index (χ0v) is 31.2. The van der Waals surface area contributed by atoms with E-state index in [0.717, 1.165) is 43.1 Å². The van der Waals surface area contributed by atoms with Gasteiger partial charge >= 0.3 is 0 Å². The molecule has 1 saturated carbocycles. The number of nitrogens with zero attached hydrogens (tertiary/aromatic N) is 1. The van der Waals surface area contributed by atoms with Crippen molar-refractivity contribution >= 4 is 33.6 Å². The van der Waals surface area contributed by atoms with Gasteiger partial charge in [-0.25, -0.2) is 8.42 Å². The van der Waals surface area contributed by atoms with Crippen LogP contribution in [0.2, 0.25) is 0 Å². The maximum atomic E-state index is 14.2. The molecular weight excluding hydrogens is 653 g/mol. The Hall–Kier alpha value is -3.54. The summed E-state index contributed by atoms with van der Waals surface area (Å²) in [5.41, 5.74) is 1.21. The largest absolute Gasteiger partial charge is 0.390 e. The summed E-state index contributed by atoms with van der Waals surface area (Å²) in [5.74, 6) is -0.551. The molecule has 3 amide bonds. The van der Waals surface area contributed by atoms with Gasteiger partial charge in [-0.15, -0.1) is 0 Å². The van der Waals surface area contributed by atoms with E-state index in [9.17, 15) is 27.9 Å². The highest BCUT2D eigenvalue weighted by Crippen LogP contribution is 2.39. The number of nitrogens with one attached hydrogen (secondary N) is 3. The average molecular weight is 709 g/mol. The van der Waals surface area contributed by atoms with Crippen molar-refractivity contribution in [3.8, 4) is 0 Å². The first-order valence-electron chi connectivity index (χ1n) is 17.8. The number of benzene rings is 2. The van der Waals surface area contributed by atoms with Gasteiger partial charge in [0, 0.05) is 31.0 Å². The smallest absolute Gasteiger partial charge is 0.244 e. The van der Waals surface area contributed by atoms with Gasteiger partial charge in [-0.3, -0.25) is 19.3 Å². The number of β-amino-alcohol motifs (C(OH)–C–C–N with tert-alkyl or cyclic N) is 1. The molecule has 0 bridgehead atoms. The van der Waals surface area contributed by atoms with Crippen LogP contribution in [-0.4, -0.2) is 90.0 Å². The van der Waals surface area contributed by atoms with Gasteiger partial charge in [0.25, 0.3) is 0 Å². The zero-order valence-electron chi connectivity index (χ0n) is 30.4. The number of carbonyl (C=O) groups is 3. The van der Waals surface area contributed by atoms with Crippen LogP contribution in [0.15, 0.2) is 66.7 Å². The monoisotopic (exact) mass is 708 g/mol. The molecule has 6 unspecified atom stereocenters. The lowest BCUT2D eigenvalue weighted by Crippen LogP contribution is -2.64. The molecule has 2 aromatic rings. The maximum Gasteiger partial charge on any atom is 0.244 e. The number of aliphatic hydroxyl groups is 1. The van der Waals surface area contributed by atoms with E-state index in [1.165, 1.54) is 19.9 Å². The Morgan fingerprint density at radius 1 is 0.920 bits per heavy atom. The highest BCUT2D eigenvalue weighted by Gasteiger charge is 2.46. The maximum absolute atomic E-state index is 14.2. The Balaban J connectivity index is 1.61. The summed E-state index contributed by atoms with van der Waals surface area (Å²) in [7, 11) is -3.86. The molecule has 2 fully saturated rings. The number of rotatable bonds is 13. The first-order chi connectivity index (χ1) is 23.4. The Morgan fingerprint density at radius 3 is 2.12 bits per heavy atom. The minimum atomic E-state index is -3.86. The Morgan fingerprint density at radius 2 is 1.52 bits per heavy atom. The van der Waals surface area contributed by atoms with Crippen LogP contribution in [-0.2, 0) is 30.6 Å². The van der Waals surface area contributed by atoms with Crippen LogP contribution in [0.25, 0.3) is 6.08 Å². The molecule has 4 N–H and O–H groups in total. The zero-order chi connectivity index (χ0) is 36.7. The minimum Gasteiger partial charge on any atom is -0.390 e. The summed E-state index contributed by atoms with van der Waals surface area (Å²) in [4.78, 5) is 43.0. The summed E-state index contributed by atoms with van der Waals surface area (Å²) in [6, 6.07) is 15.8. The fourth-order valence-electron chi connectivity index (χ4n) is 7.11. The third-order valence-corrected chi connectivity index (χ3v) is 12.4. The Labute approximate surface area is 298 Å². The van der Waals surface area contributed by atoms with Crippen LogP contribution in [0.4, 0.5) is 0 Å². The predicted molar refractivity (Wildman–Crippen MR) is 198 cm³/mol. The number of piperidine rings is 1. The van der Waals surface area contributed by atoms with Crippen molar-refractivity contribution in [3.05, 3.63) is 77.9 Å². The van der Waals surface area contributed by atoms with E-state index in [1.807, 2.05) is 81.4 Å². The molecule has 6 atom stereocenters. The minimum absolute atomic E-state index is 0.0707. The topological polar surface area (TPSA) is 145 Å². The lowest BCUT2D eigenvalue weighted by Gasteiger charge is -2.47. The SMILES string of the molecule is CC(C)(C)NC(=O)C1CC2CCCCC2CN1CC(O)C(Cc1ccccc1)NC(=O)C(NC(=O)/C=C/c1ccccc1)C(C)(C)S(C)(=O)=O.